The van der Waals surface area contributed by atoms with E-state index in [2.05, 4.69) is 4.90 Å². The van der Waals surface area contributed by atoms with Crippen LogP contribution < -0.4 is 0 Å². The van der Waals surface area contributed by atoms with E-state index in [0.717, 1.165) is 32.2 Å². The summed E-state index contributed by atoms with van der Waals surface area (Å²) in [6.45, 7) is 6.13. The number of β-amino-alcohol motifs (C(OH)–C–C–N with tert-alkyl or cyclic N) is 1. The molecule has 0 aromatic carbocycles. The van der Waals surface area contributed by atoms with Crippen molar-refractivity contribution < 1.29 is 13.5 Å². The Kier molecular flexibility index (Phi) is 5.80. The van der Waals surface area contributed by atoms with Gasteiger partial charge in [0, 0.05) is 38.8 Å². The summed E-state index contributed by atoms with van der Waals surface area (Å²) in [5.41, 5.74) is 0. The highest BCUT2D eigenvalue weighted by molar-refractivity contribution is 7.86. The highest BCUT2D eigenvalue weighted by Gasteiger charge is 2.35. The van der Waals surface area contributed by atoms with E-state index in [4.69, 9.17) is 5.11 Å². The summed E-state index contributed by atoms with van der Waals surface area (Å²) in [6, 6.07) is 0.116. The van der Waals surface area contributed by atoms with Crippen molar-refractivity contribution in [3.63, 3.8) is 0 Å². The van der Waals surface area contributed by atoms with Gasteiger partial charge in [-0.3, -0.25) is 4.90 Å². The molecule has 2 aliphatic heterocycles. The SMILES string of the molecule is CC1CCCCN1S(=O)(=O)N1CCCN(CCO)CC1. The molecule has 2 fully saturated rings. The molecule has 0 spiro atoms. The zero-order chi connectivity index (χ0) is 14.6. The molecule has 0 aromatic heterocycles. The highest BCUT2D eigenvalue weighted by atomic mass is 32.2. The van der Waals surface area contributed by atoms with Crippen molar-refractivity contribution in [2.24, 2.45) is 0 Å². The first-order chi connectivity index (χ1) is 9.55. The zero-order valence-corrected chi connectivity index (χ0v) is 13.2. The van der Waals surface area contributed by atoms with Crippen LogP contribution in [-0.4, -0.2) is 79.0 Å². The van der Waals surface area contributed by atoms with Crippen LogP contribution in [0.1, 0.15) is 32.6 Å². The second-order valence-electron chi connectivity index (χ2n) is 5.78. The molecule has 0 saturated carbocycles. The Morgan fingerprint density at radius 1 is 1.05 bits per heavy atom. The number of aliphatic hydroxyl groups is 1. The molecule has 1 unspecified atom stereocenters. The topological polar surface area (TPSA) is 64.1 Å². The molecule has 1 N–H and O–H groups in total. The number of rotatable bonds is 4. The Morgan fingerprint density at radius 3 is 2.55 bits per heavy atom. The smallest absolute Gasteiger partial charge is 0.282 e. The third-order valence-corrected chi connectivity index (χ3v) is 6.48. The van der Waals surface area contributed by atoms with E-state index in [9.17, 15) is 8.42 Å². The lowest BCUT2D eigenvalue weighted by atomic mass is 10.1. The van der Waals surface area contributed by atoms with E-state index in [1.807, 2.05) is 6.92 Å². The molecule has 0 amide bonds. The molecule has 1 atom stereocenters. The molecule has 2 rings (SSSR count). The van der Waals surface area contributed by atoms with Gasteiger partial charge in [0.1, 0.15) is 0 Å². The molecule has 2 heterocycles. The molecule has 118 valence electrons. The van der Waals surface area contributed by atoms with Crippen molar-refractivity contribution in [1.29, 1.82) is 0 Å². The predicted octanol–water partition coefficient (Wildman–Crippen LogP) is 0.106. The summed E-state index contributed by atoms with van der Waals surface area (Å²) in [7, 11) is -3.32. The van der Waals surface area contributed by atoms with Crippen LogP contribution in [-0.2, 0) is 10.2 Å². The van der Waals surface area contributed by atoms with Gasteiger partial charge in [-0.15, -0.1) is 0 Å². The van der Waals surface area contributed by atoms with Crippen LogP contribution in [0.15, 0.2) is 0 Å². The summed E-state index contributed by atoms with van der Waals surface area (Å²) < 4.78 is 28.8. The fourth-order valence-corrected chi connectivity index (χ4v) is 4.99. The van der Waals surface area contributed by atoms with Gasteiger partial charge < -0.3 is 5.11 Å². The Bertz CT molecular complexity index is 402. The molecule has 0 radical (unpaired) electrons. The van der Waals surface area contributed by atoms with Gasteiger partial charge in [-0.2, -0.15) is 17.0 Å². The quantitative estimate of drug-likeness (QED) is 0.800. The summed E-state index contributed by atoms with van der Waals surface area (Å²) >= 11 is 0. The number of piperidine rings is 1. The molecule has 0 aliphatic carbocycles. The van der Waals surface area contributed by atoms with E-state index in [1.165, 1.54) is 0 Å². The lowest BCUT2D eigenvalue weighted by Gasteiger charge is -2.36. The molecule has 2 aliphatic rings. The van der Waals surface area contributed by atoms with Gasteiger partial charge in [0.05, 0.1) is 6.61 Å². The average Bonchev–Trinajstić information content (AvgIpc) is 2.65. The van der Waals surface area contributed by atoms with E-state index in [-0.39, 0.29) is 12.6 Å². The molecular formula is C13H27N3O3S. The molecular weight excluding hydrogens is 278 g/mol. The Labute approximate surface area is 122 Å². The molecule has 6 nitrogen and oxygen atoms in total. The van der Waals surface area contributed by atoms with Gasteiger partial charge >= 0.3 is 0 Å². The van der Waals surface area contributed by atoms with Gasteiger partial charge in [0.15, 0.2) is 0 Å². The minimum atomic E-state index is -3.32. The third kappa shape index (κ3) is 3.71. The first-order valence-electron chi connectivity index (χ1n) is 7.66. The average molecular weight is 305 g/mol. The van der Waals surface area contributed by atoms with Crippen LogP contribution in [0.4, 0.5) is 0 Å². The maximum Gasteiger partial charge on any atom is 0.282 e. The minimum absolute atomic E-state index is 0.116. The minimum Gasteiger partial charge on any atom is -0.395 e. The first-order valence-corrected chi connectivity index (χ1v) is 9.05. The van der Waals surface area contributed by atoms with Crippen molar-refractivity contribution in [3.05, 3.63) is 0 Å². The number of nitrogens with zero attached hydrogens (tertiary/aromatic N) is 3. The van der Waals surface area contributed by atoms with Crippen molar-refractivity contribution in [2.75, 3.05) is 45.9 Å². The van der Waals surface area contributed by atoms with Crippen LogP contribution in [0.3, 0.4) is 0 Å². The summed E-state index contributed by atoms with van der Waals surface area (Å²) in [5.74, 6) is 0. The molecule has 7 heteroatoms. The zero-order valence-electron chi connectivity index (χ0n) is 12.4. The lowest BCUT2D eigenvalue weighted by Crippen LogP contribution is -2.50. The van der Waals surface area contributed by atoms with E-state index >= 15 is 0 Å². The van der Waals surface area contributed by atoms with Crippen molar-refractivity contribution in [3.8, 4) is 0 Å². The van der Waals surface area contributed by atoms with Crippen molar-refractivity contribution in [1.82, 2.24) is 13.5 Å². The van der Waals surface area contributed by atoms with Crippen LogP contribution in [0.25, 0.3) is 0 Å². The molecule has 0 aromatic rings. The van der Waals surface area contributed by atoms with Crippen LogP contribution in [0.2, 0.25) is 0 Å². The predicted molar refractivity (Wildman–Crippen MR) is 78.7 cm³/mol. The maximum atomic E-state index is 12.8. The first kappa shape index (κ1) is 16.2. The Morgan fingerprint density at radius 2 is 1.85 bits per heavy atom. The van der Waals surface area contributed by atoms with Gasteiger partial charge in [-0.1, -0.05) is 6.42 Å². The largest absolute Gasteiger partial charge is 0.395 e. The molecule has 0 bridgehead atoms. The standard InChI is InChI=1S/C13H27N3O3S/c1-13-5-2-3-8-16(13)20(18,19)15-7-4-6-14(9-10-15)11-12-17/h13,17H,2-12H2,1H3. The van der Waals surface area contributed by atoms with Gasteiger partial charge in [-0.25, -0.2) is 0 Å². The van der Waals surface area contributed by atoms with Gasteiger partial charge in [-0.05, 0) is 32.7 Å². The number of aliphatic hydroxyl groups excluding tert-OH is 1. The monoisotopic (exact) mass is 305 g/mol. The summed E-state index contributed by atoms with van der Waals surface area (Å²) in [4.78, 5) is 2.13. The lowest BCUT2D eigenvalue weighted by molar-refractivity contribution is 0.200. The summed E-state index contributed by atoms with van der Waals surface area (Å²) in [6.07, 6.45) is 3.89. The third-order valence-electron chi connectivity index (χ3n) is 4.33. The second-order valence-corrected chi connectivity index (χ2v) is 7.66. The van der Waals surface area contributed by atoms with Crippen LogP contribution in [0.5, 0.6) is 0 Å². The normalized spacial score (nSPS) is 28.4. The van der Waals surface area contributed by atoms with E-state index in [0.29, 0.717) is 32.7 Å². The maximum absolute atomic E-state index is 12.8. The molecule has 20 heavy (non-hydrogen) atoms. The molecule has 2 saturated heterocycles. The number of hydrogen-bond acceptors (Lipinski definition) is 4. The Balaban J connectivity index is 2.01. The summed E-state index contributed by atoms with van der Waals surface area (Å²) in [5, 5.41) is 8.99. The van der Waals surface area contributed by atoms with E-state index in [1.54, 1.807) is 8.61 Å². The van der Waals surface area contributed by atoms with E-state index < -0.39 is 10.2 Å². The van der Waals surface area contributed by atoms with Crippen molar-refractivity contribution in [2.45, 2.75) is 38.6 Å². The van der Waals surface area contributed by atoms with Crippen molar-refractivity contribution >= 4 is 10.2 Å². The van der Waals surface area contributed by atoms with Gasteiger partial charge in [0.25, 0.3) is 10.2 Å². The van der Waals surface area contributed by atoms with Crippen LogP contribution >= 0.6 is 0 Å². The van der Waals surface area contributed by atoms with Gasteiger partial charge in [0.2, 0.25) is 0 Å². The number of hydrogen-bond donors (Lipinski definition) is 1. The second kappa shape index (κ2) is 7.17. The fourth-order valence-electron chi connectivity index (χ4n) is 3.11. The van der Waals surface area contributed by atoms with Crippen LogP contribution in [0, 0.1) is 0 Å². The Hall–Kier alpha value is -0.210. The fraction of sp³-hybridized carbons (Fsp3) is 1.00. The highest BCUT2D eigenvalue weighted by Crippen LogP contribution is 2.23.